The van der Waals surface area contributed by atoms with Gasteiger partial charge in [-0.25, -0.2) is 0 Å². The van der Waals surface area contributed by atoms with Gasteiger partial charge in [0.1, 0.15) is 0 Å². The molecule has 1 aliphatic carbocycles. The Labute approximate surface area is 187 Å². The number of benzene rings is 2. The zero-order chi connectivity index (χ0) is 21.5. The summed E-state index contributed by atoms with van der Waals surface area (Å²) in [7, 11) is 0. The normalized spacial score (nSPS) is 14.7. The Morgan fingerprint density at radius 1 is 1.00 bits per heavy atom. The van der Waals surface area contributed by atoms with Gasteiger partial charge in [-0.15, -0.1) is 0 Å². The van der Waals surface area contributed by atoms with Gasteiger partial charge in [0, 0.05) is 11.7 Å². The molecule has 0 radical (unpaired) electrons. The van der Waals surface area contributed by atoms with Crippen LogP contribution in [0.1, 0.15) is 49.0 Å². The number of nitrogens with zero attached hydrogens (tertiary/aromatic N) is 2. The molecule has 6 heteroatoms. The summed E-state index contributed by atoms with van der Waals surface area (Å²) in [6.45, 7) is 0.483. The van der Waals surface area contributed by atoms with Gasteiger partial charge in [0.15, 0.2) is 5.13 Å². The van der Waals surface area contributed by atoms with E-state index >= 15 is 0 Å². The molecule has 1 aromatic heterocycles. The summed E-state index contributed by atoms with van der Waals surface area (Å²) in [5.74, 6) is -0.0998. The summed E-state index contributed by atoms with van der Waals surface area (Å²) < 4.78 is 0. The number of aromatic nitrogens is 1. The fourth-order valence-corrected chi connectivity index (χ4v) is 4.97. The minimum atomic E-state index is -0.0602. The van der Waals surface area contributed by atoms with Gasteiger partial charge in [0.25, 0.3) is 0 Å². The molecule has 0 unspecified atom stereocenters. The Bertz CT molecular complexity index is 967. The number of hydrogen-bond donors (Lipinski definition) is 2. The number of aromatic hydroxyl groups is 1. The number of carbonyl (C=O) groups excluding carboxylic acids is 1. The van der Waals surface area contributed by atoms with Crippen LogP contribution in [0, 0.1) is 0 Å². The van der Waals surface area contributed by atoms with Crippen molar-refractivity contribution in [1.82, 2.24) is 4.98 Å². The molecule has 0 bridgehead atoms. The fraction of sp³-hybridized carbons (Fsp3) is 0.360. The van der Waals surface area contributed by atoms with Crippen molar-refractivity contribution < 1.29 is 9.90 Å². The highest BCUT2D eigenvalue weighted by molar-refractivity contribution is 7.16. The first-order valence-corrected chi connectivity index (χ1v) is 11.9. The van der Waals surface area contributed by atoms with Crippen LogP contribution in [0.4, 0.5) is 10.8 Å². The summed E-state index contributed by atoms with van der Waals surface area (Å²) in [4.78, 5) is 20.0. The predicted molar refractivity (Wildman–Crippen MR) is 127 cm³/mol. The Kier molecular flexibility index (Phi) is 7.20. The highest BCUT2D eigenvalue weighted by atomic mass is 32.1. The maximum atomic E-state index is 13.3. The van der Waals surface area contributed by atoms with Gasteiger partial charge in [-0.3, -0.25) is 4.79 Å². The average Bonchev–Trinajstić information content (AvgIpc) is 2.97. The number of nitrogens with one attached hydrogen (secondary N) is 1. The van der Waals surface area contributed by atoms with E-state index in [0.29, 0.717) is 22.6 Å². The number of rotatable bonds is 7. The number of carbonyl (C=O) groups is 1. The molecule has 0 aliphatic heterocycles. The molecule has 162 valence electrons. The van der Waals surface area contributed by atoms with Gasteiger partial charge in [0.05, 0.1) is 17.8 Å². The van der Waals surface area contributed by atoms with Crippen LogP contribution < -0.4 is 10.2 Å². The lowest BCUT2D eigenvalue weighted by molar-refractivity contribution is -0.118. The third kappa shape index (κ3) is 5.85. The van der Waals surface area contributed by atoms with Crippen molar-refractivity contribution in [3.8, 4) is 5.88 Å². The highest BCUT2D eigenvalue weighted by Gasteiger charge is 2.22. The van der Waals surface area contributed by atoms with Gasteiger partial charge in [-0.05, 0) is 30.5 Å². The second-order valence-corrected chi connectivity index (χ2v) is 9.16. The number of thiazole rings is 1. The topological polar surface area (TPSA) is 65.5 Å². The maximum Gasteiger partial charge on any atom is 0.232 e. The standard InChI is InChI=1S/C25H29N3O2S/c29-23(28(21-15-9-4-10-16-21)18-19-11-5-3-6-12-19)17-22-24(30)27-25(31-22)26-20-13-7-1-2-8-14-20/h3-6,9-12,15-16,20,30H,1-2,7-8,13-14,17-18H2,(H,26,27). The van der Waals surface area contributed by atoms with E-state index in [1.807, 2.05) is 60.7 Å². The van der Waals surface area contributed by atoms with Crippen molar-refractivity contribution in [2.24, 2.45) is 0 Å². The number of anilines is 2. The molecule has 1 amide bonds. The lowest BCUT2D eigenvalue weighted by atomic mass is 10.1. The fourth-order valence-electron chi connectivity index (χ4n) is 4.05. The van der Waals surface area contributed by atoms with Crippen LogP contribution in [-0.4, -0.2) is 22.0 Å². The highest BCUT2D eigenvalue weighted by Crippen LogP contribution is 2.31. The molecule has 1 fully saturated rings. The quantitative estimate of drug-likeness (QED) is 0.463. The van der Waals surface area contributed by atoms with E-state index in [2.05, 4.69) is 10.3 Å². The number of hydrogen-bond acceptors (Lipinski definition) is 5. The number of para-hydroxylation sites is 1. The van der Waals surface area contributed by atoms with Crippen LogP contribution in [0.3, 0.4) is 0 Å². The maximum absolute atomic E-state index is 13.3. The van der Waals surface area contributed by atoms with Gasteiger partial charge in [0.2, 0.25) is 11.8 Å². The second kappa shape index (κ2) is 10.4. The van der Waals surface area contributed by atoms with Crippen molar-refractivity contribution in [1.29, 1.82) is 0 Å². The Balaban J connectivity index is 1.48. The number of amides is 1. The monoisotopic (exact) mass is 435 g/mol. The second-order valence-electron chi connectivity index (χ2n) is 8.08. The van der Waals surface area contributed by atoms with Crippen molar-refractivity contribution in [2.45, 2.75) is 57.5 Å². The van der Waals surface area contributed by atoms with E-state index in [-0.39, 0.29) is 18.2 Å². The Morgan fingerprint density at radius 2 is 1.65 bits per heavy atom. The first-order chi connectivity index (χ1) is 15.2. The molecule has 0 atom stereocenters. The van der Waals surface area contributed by atoms with Crippen LogP contribution in [0.5, 0.6) is 5.88 Å². The molecule has 1 aliphatic rings. The van der Waals surface area contributed by atoms with Crippen molar-refractivity contribution in [3.05, 3.63) is 71.1 Å². The van der Waals surface area contributed by atoms with Crippen molar-refractivity contribution >= 4 is 28.1 Å². The minimum absolute atomic E-state index is 0.0396. The smallest absolute Gasteiger partial charge is 0.232 e. The van der Waals surface area contributed by atoms with E-state index in [0.717, 1.165) is 24.1 Å². The molecule has 2 aromatic carbocycles. The zero-order valence-electron chi connectivity index (χ0n) is 17.7. The molecular weight excluding hydrogens is 406 g/mol. The van der Waals surface area contributed by atoms with Gasteiger partial charge in [-0.2, -0.15) is 4.98 Å². The molecule has 1 saturated carbocycles. The molecule has 4 rings (SSSR count). The molecule has 0 saturated heterocycles. The first kappa shape index (κ1) is 21.4. The lowest BCUT2D eigenvalue weighted by Gasteiger charge is -2.23. The lowest BCUT2D eigenvalue weighted by Crippen LogP contribution is -2.31. The third-order valence-electron chi connectivity index (χ3n) is 5.72. The van der Waals surface area contributed by atoms with Crippen LogP contribution in [0.25, 0.3) is 0 Å². The summed E-state index contributed by atoms with van der Waals surface area (Å²) in [6.07, 6.45) is 7.42. The van der Waals surface area contributed by atoms with Gasteiger partial charge < -0.3 is 15.3 Å². The predicted octanol–water partition coefficient (Wildman–Crippen LogP) is 5.76. The van der Waals surface area contributed by atoms with E-state index < -0.39 is 0 Å². The SMILES string of the molecule is O=C(Cc1sc(NC2CCCCCC2)nc1O)N(Cc1ccccc1)c1ccccc1. The molecule has 1 heterocycles. The molecular formula is C25H29N3O2S. The molecule has 3 aromatic rings. The van der Waals surface area contributed by atoms with Crippen LogP contribution >= 0.6 is 11.3 Å². The Hall–Kier alpha value is -2.86. The molecule has 2 N–H and O–H groups in total. The van der Waals surface area contributed by atoms with E-state index in [1.54, 1.807) is 4.90 Å². The molecule has 0 spiro atoms. The summed E-state index contributed by atoms with van der Waals surface area (Å²) in [6, 6.07) is 20.0. The molecule has 5 nitrogen and oxygen atoms in total. The Morgan fingerprint density at radius 3 is 2.32 bits per heavy atom. The van der Waals surface area contributed by atoms with Crippen LogP contribution in [0.2, 0.25) is 0 Å². The van der Waals surface area contributed by atoms with Crippen molar-refractivity contribution in [3.63, 3.8) is 0 Å². The van der Waals surface area contributed by atoms with E-state index in [4.69, 9.17) is 0 Å². The van der Waals surface area contributed by atoms with Gasteiger partial charge >= 0.3 is 0 Å². The summed E-state index contributed by atoms with van der Waals surface area (Å²) in [5.41, 5.74) is 1.90. The molecule has 31 heavy (non-hydrogen) atoms. The van der Waals surface area contributed by atoms with E-state index in [9.17, 15) is 9.90 Å². The van der Waals surface area contributed by atoms with Crippen LogP contribution in [0.15, 0.2) is 60.7 Å². The van der Waals surface area contributed by atoms with Gasteiger partial charge in [-0.1, -0.05) is 85.6 Å². The largest absolute Gasteiger partial charge is 0.492 e. The summed E-state index contributed by atoms with van der Waals surface area (Å²) >= 11 is 1.39. The van der Waals surface area contributed by atoms with Crippen LogP contribution in [-0.2, 0) is 17.8 Å². The van der Waals surface area contributed by atoms with E-state index in [1.165, 1.54) is 37.0 Å². The minimum Gasteiger partial charge on any atom is -0.492 e. The average molecular weight is 436 g/mol. The summed E-state index contributed by atoms with van der Waals surface area (Å²) in [5, 5.41) is 14.6. The van der Waals surface area contributed by atoms with Crippen molar-refractivity contribution in [2.75, 3.05) is 10.2 Å². The third-order valence-corrected chi connectivity index (χ3v) is 6.70. The first-order valence-electron chi connectivity index (χ1n) is 11.0. The zero-order valence-corrected chi connectivity index (χ0v) is 18.5.